The van der Waals surface area contributed by atoms with Crippen LogP contribution in [0, 0.1) is 23.2 Å². The van der Waals surface area contributed by atoms with Crippen molar-refractivity contribution in [3.63, 3.8) is 0 Å². The Balaban J connectivity index is 1.79. The fourth-order valence-electron chi connectivity index (χ4n) is 5.66. The van der Waals surface area contributed by atoms with Crippen LogP contribution < -0.4 is 0 Å². The fraction of sp³-hybridized carbons (Fsp3) is 0.682. The second-order valence-corrected chi connectivity index (χ2v) is 8.67. The van der Waals surface area contributed by atoms with Crippen LogP contribution in [-0.4, -0.2) is 28.7 Å². The number of hydrogen-bond acceptors (Lipinski definition) is 3. The fourth-order valence-corrected chi connectivity index (χ4v) is 5.66. The molecule has 0 aromatic carbocycles. The van der Waals surface area contributed by atoms with Crippen LogP contribution >= 0.6 is 0 Å². The maximum atomic E-state index is 11.3. The van der Waals surface area contributed by atoms with Gasteiger partial charge in [-0.1, -0.05) is 43.7 Å². The van der Waals surface area contributed by atoms with Crippen LogP contribution in [0.1, 0.15) is 58.8 Å². The van der Waals surface area contributed by atoms with Crippen molar-refractivity contribution in [2.45, 2.75) is 71.0 Å². The average Bonchev–Trinajstić information content (AvgIpc) is 2.94. The number of fused-ring (bicyclic) bond motifs is 1. The molecule has 0 spiro atoms. The van der Waals surface area contributed by atoms with Crippen molar-refractivity contribution in [2.75, 3.05) is 0 Å². The lowest BCUT2D eigenvalue weighted by Crippen LogP contribution is -2.36. The summed E-state index contributed by atoms with van der Waals surface area (Å²) in [5.74, 6) is 1.20. The Morgan fingerprint density at radius 3 is 2.52 bits per heavy atom. The lowest BCUT2D eigenvalue weighted by Gasteiger charge is -2.43. The SMILES string of the molecule is C=C1[C@H](O)CC(=C/C=C2\CCC[C@]3(C)[C@@H](C(C)C=O)CC[C@@H]23)C[C@H]1O. The third-order valence-corrected chi connectivity index (χ3v) is 7.19. The predicted molar refractivity (Wildman–Crippen MR) is 100.0 cm³/mol. The summed E-state index contributed by atoms with van der Waals surface area (Å²) in [6, 6.07) is 0. The molecule has 3 saturated carbocycles. The Morgan fingerprint density at radius 1 is 1.20 bits per heavy atom. The van der Waals surface area contributed by atoms with Crippen LogP contribution in [0.4, 0.5) is 0 Å². The van der Waals surface area contributed by atoms with Gasteiger partial charge in [0.25, 0.3) is 0 Å². The van der Waals surface area contributed by atoms with E-state index in [0.717, 1.165) is 24.7 Å². The van der Waals surface area contributed by atoms with E-state index in [0.29, 0.717) is 30.3 Å². The summed E-state index contributed by atoms with van der Waals surface area (Å²) < 4.78 is 0. The number of carbonyl (C=O) groups is 1. The first-order chi connectivity index (χ1) is 11.9. The van der Waals surface area contributed by atoms with E-state index < -0.39 is 12.2 Å². The molecule has 0 heterocycles. The lowest BCUT2D eigenvalue weighted by atomic mass is 9.61. The summed E-state index contributed by atoms with van der Waals surface area (Å²) in [6.45, 7) is 8.23. The van der Waals surface area contributed by atoms with E-state index in [1.165, 1.54) is 24.8 Å². The molecular weight excluding hydrogens is 312 g/mol. The van der Waals surface area contributed by atoms with Gasteiger partial charge in [-0.25, -0.2) is 0 Å². The van der Waals surface area contributed by atoms with Gasteiger partial charge in [0.1, 0.15) is 6.29 Å². The van der Waals surface area contributed by atoms with Crippen molar-refractivity contribution >= 4 is 6.29 Å². The highest BCUT2D eigenvalue weighted by molar-refractivity contribution is 5.54. The van der Waals surface area contributed by atoms with Gasteiger partial charge in [0.05, 0.1) is 12.2 Å². The summed E-state index contributed by atoms with van der Waals surface area (Å²) in [4.78, 5) is 11.3. The monoisotopic (exact) mass is 344 g/mol. The molecule has 0 aromatic rings. The van der Waals surface area contributed by atoms with E-state index in [1.807, 2.05) is 0 Å². The van der Waals surface area contributed by atoms with Gasteiger partial charge in [0.2, 0.25) is 0 Å². The molecule has 0 saturated heterocycles. The van der Waals surface area contributed by atoms with Gasteiger partial charge in [-0.05, 0) is 67.8 Å². The van der Waals surface area contributed by atoms with Crippen LogP contribution in [0.2, 0.25) is 0 Å². The van der Waals surface area contributed by atoms with E-state index in [-0.39, 0.29) is 11.3 Å². The number of hydrogen-bond donors (Lipinski definition) is 2. The summed E-state index contributed by atoms with van der Waals surface area (Å²) in [5.41, 5.74) is 3.37. The van der Waals surface area contributed by atoms with Gasteiger partial charge in [-0.2, -0.15) is 0 Å². The smallest absolute Gasteiger partial charge is 0.123 e. The van der Waals surface area contributed by atoms with Crippen molar-refractivity contribution in [1.82, 2.24) is 0 Å². The summed E-state index contributed by atoms with van der Waals surface area (Å²) in [5, 5.41) is 20.0. The van der Waals surface area contributed by atoms with Gasteiger partial charge < -0.3 is 15.0 Å². The number of aldehydes is 1. The predicted octanol–water partition coefficient (Wildman–Crippen LogP) is 3.96. The van der Waals surface area contributed by atoms with Gasteiger partial charge in [-0.15, -0.1) is 0 Å². The maximum absolute atomic E-state index is 11.3. The summed E-state index contributed by atoms with van der Waals surface area (Å²) in [7, 11) is 0. The van der Waals surface area contributed by atoms with Crippen molar-refractivity contribution < 1.29 is 15.0 Å². The standard InChI is InChI=1S/C22H32O3/c1-14(13-23)18-8-9-19-17(5-4-10-22(18,19)3)7-6-16-11-20(24)15(2)21(25)12-16/h6-7,13-14,18-21,24-25H,2,4-5,8-12H2,1,3H3/b17-7+/t14?,18-,19+,20-,21-,22-/m1/s1. The molecule has 3 aliphatic rings. The van der Waals surface area contributed by atoms with E-state index in [4.69, 9.17) is 0 Å². The molecule has 3 heteroatoms. The second-order valence-electron chi connectivity index (χ2n) is 8.67. The zero-order valence-electron chi connectivity index (χ0n) is 15.6. The first kappa shape index (κ1) is 18.6. The Bertz CT molecular complexity index is 586. The number of aliphatic hydroxyl groups excluding tert-OH is 2. The summed E-state index contributed by atoms with van der Waals surface area (Å²) in [6.07, 6.45) is 11.2. The maximum Gasteiger partial charge on any atom is 0.123 e. The van der Waals surface area contributed by atoms with E-state index in [1.54, 1.807) is 0 Å². The van der Waals surface area contributed by atoms with E-state index in [9.17, 15) is 15.0 Å². The molecule has 0 aliphatic heterocycles. The minimum atomic E-state index is -0.630. The molecule has 25 heavy (non-hydrogen) atoms. The highest BCUT2D eigenvalue weighted by atomic mass is 16.3. The quantitative estimate of drug-likeness (QED) is 0.602. The number of rotatable bonds is 3. The largest absolute Gasteiger partial charge is 0.388 e. The lowest BCUT2D eigenvalue weighted by molar-refractivity contribution is -0.113. The average molecular weight is 344 g/mol. The van der Waals surface area contributed by atoms with Crippen molar-refractivity contribution in [3.05, 3.63) is 35.5 Å². The molecule has 0 aromatic heterocycles. The minimum Gasteiger partial charge on any atom is -0.388 e. The molecule has 138 valence electrons. The third kappa shape index (κ3) is 3.41. The van der Waals surface area contributed by atoms with Crippen LogP contribution in [0.25, 0.3) is 0 Å². The molecule has 6 atom stereocenters. The van der Waals surface area contributed by atoms with Crippen molar-refractivity contribution in [2.24, 2.45) is 23.2 Å². The molecule has 0 radical (unpaired) electrons. The number of carbonyl (C=O) groups excluding carboxylic acids is 1. The molecule has 0 bridgehead atoms. The molecular formula is C22H32O3. The minimum absolute atomic E-state index is 0.141. The molecule has 3 nitrogen and oxygen atoms in total. The van der Waals surface area contributed by atoms with Gasteiger partial charge in [0, 0.05) is 5.92 Å². The number of allylic oxidation sites excluding steroid dienone is 3. The highest BCUT2D eigenvalue weighted by Crippen LogP contribution is 2.59. The molecule has 1 unspecified atom stereocenters. The number of aliphatic hydroxyl groups is 2. The Hall–Kier alpha value is -1.19. The molecule has 3 rings (SSSR count). The Morgan fingerprint density at radius 2 is 1.88 bits per heavy atom. The Labute approximate surface area is 151 Å². The van der Waals surface area contributed by atoms with Crippen LogP contribution in [-0.2, 0) is 4.79 Å². The molecule has 3 fully saturated rings. The first-order valence-electron chi connectivity index (χ1n) is 9.75. The normalized spacial score (nSPS) is 41.5. The second kappa shape index (κ2) is 7.20. The zero-order valence-corrected chi connectivity index (χ0v) is 15.6. The van der Waals surface area contributed by atoms with Crippen LogP contribution in [0.5, 0.6) is 0 Å². The highest BCUT2D eigenvalue weighted by Gasteiger charge is 2.50. The van der Waals surface area contributed by atoms with E-state index in [2.05, 4.69) is 32.6 Å². The molecule has 3 aliphatic carbocycles. The van der Waals surface area contributed by atoms with E-state index >= 15 is 0 Å². The van der Waals surface area contributed by atoms with Crippen LogP contribution in [0.3, 0.4) is 0 Å². The van der Waals surface area contributed by atoms with Crippen molar-refractivity contribution in [3.8, 4) is 0 Å². The summed E-state index contributed by atoms with van der Waals surface area (Å²) >= 11 is 0. The first-order valence-corrected chi connectivity index (χ1v) is 9.75. The van der Waals surface area contributed by atoms with Crippen LogP contribution in [0.15, 0.2) is 35.5 Å². The zero-order chi connectivity index (χ0) is 18.2. The Kier molecular flexibility index (Phi) is 5.36. The third-order valence-electron chi connectivity index (χ3n) is 7.19. The molecule has 2 N–H and O–H groups in total. The van der Waals surface area contributed by atoms with Gasteiger partial charge in [-0.3, -0.25) is 0 Å². The topological polar surface area (TPSA) is 57.5 Å². The van der Waals surface area contributed by atoms with Gasteiger partial charge >= 0.3 is 0 Å². The van der Waals surface area contributed by atoms with Crippen molar-refractivity contribution in [1.29, 1.82) is 0 Å². The van der Waals surface area contributed by atoms with Gasteiger partial charge in [0.15, 0.2) is 0 Å². The molecule has 0 amide bonds.